The van der Waals surface area contributed by atoms with Crippen molar-refractivity contribution >= 4 is 10.8 Å². The molecule has 0 amide bonds. The van der Waals surface area contributed by atoms with Crippen LogP contribution in [0.3, 0.4) is 0 Å². The molecule has 0 saturated carbocycles. The molecule has 0 radical (unpaired) electrons. The largest absolute Gasteiger partial charge is 0.0683 e. The molecule has 17 heavy (non-hydrogen) atoms. The maximum absolute atomic E-state index is 2.32. The second kappa shape index (κ2) is 7.11. The van der Waals surface area contributed by atoms with Gasteiger partial charge in [-0.1, -0.05) is 76.6 Å². The van der Waals surface area contributed by atoms with E-state index in [1.807, 2.05) is 13.8 Å². The average Bonchev–Trinajstić information content (AvgIpc) is 2.41. The maximum atomic E-state index is 2.32. The molecule has 0 aliphatic heterocycles. The molecule has 2 aromatic rings. The average molecular weight is 228 g/mol. The third kappa shape index (κ3) is 3.59. The highest BCUT2D eigenvalue weighted by Crippen LogP contribution is 2.21. The molecule has 0 spiro atoms. The van der Waals surface area contributed by atoms with Crippen LogP contribution in [0.4, 0.5) is 0 Å². The van der Waals surface area contributed by atoms with Crippen molar-refractivity contribution < 1.29 is 0 Å². The number of hydrogen-bond donors (Lipinski definition) is 0. The molecule has 1 unspecified atom stereocenters. The first-order chi connectivity index (χ1) is 8.31. The van der Waals surface area contributed by atoms with Crippen molar-refractivity contribution in [1.82, 2.24) is 0 Å². The molecular formula is C17H24. The Balaban J connectivity index is 0.000000686. The van der Waals surface area contributed by atoms with Gasteiger partial charge < -0.3 is 0 Å². The molecule has 92 valence electrons. The number of rotatable bonds is 3. The van der Waals surface area contributed by atoms with Gasteiger partial charge in [0.2, 0.25) is 0 Å². The molecule has 1 atom stereocenters. The van der Waals surface area contributed by atoms with Crippen LogP contribution in [0.25, 0.3) is 10.8 Å². The Labute approximate surface area is 106 Å². The minimum absolute atomic E-state index is 0.774. The van der Waals surface area contributed by atoms with Crippen molar-refractivity contribution in [2.75, 3.05) is 0 Å². The fraction of sp³-hybridized carbons (Fsp3) is 0.412. The van der Waals surface area contributed by atoms with Crippen molar-refractivity contribution in [2.45, 2.75) is 40.5 Å². The van der Waals surface area contributed by atoms with Crippen molar-refractivity contribution in [3.63, 3.8) is 0 Å². The van der Waals surface area contributed by atoms with Gasteiger partial charge in [0.05, 0.1) is 0 Å². The smallest absolute Gasteiger partial charge is 0.0152 e. The fourth-order valence-corrected chi connectivity index (χ4v) is 1.99. The van der Waals surface area contributed by atoms with E-state index in [9.17, 15) is 0 Å². The van der Waals surface area contributed by atoms with E-state index in [0.717, 1.165) is 5.92 Å². The summed E-state index contributed by atoms with van der Waals surface area (Å²) >= 11 is 0. The molecular weight excluding hydrogens is 204 g/mol. The van der Waals surface area contributed by atoms with E-state index in [1.54, 1.807) is 0 Å². The summed E-state index contributed by atoms with van der Waals surface area (Å²) in [5.74, 6) is 0.774. The first-order valence-corrected chi connectivity index (χ1v) is 6.78. The minimum Gasteiger partial charge on any atom is -0.0683 e. The molecule has 0 heteroatoms. The Morgan fingerprint density at radius 1 is 0.941 bits per heavy atom. The SMILES string of the molecule is CC.CCC(C)Cc1cccc2ccccc12. The van der Waals surface area contributed by atoms with Gasteiger partial charge in [0.25, 0.3) is 0 Å². The van der Waals surface area contributed by atoms with Gasteiger partial charge in [-0.15, -0.1) is 0 Å². The molecule has 0 bridgehead atoms. The maximum Gasteiger partial charge on any atom is -0.0152 e. The van der Waals surface area contributed by atoms with Gasteiger partial charge in [0, 0.05) is 0 Å². The molecule has 0 nitrogen and oxygen atoms in total. The summed E-state index contributed by atoms with van der Waals surface area (Å²) in [6, 6.07) is 15.3. The van der Waals surface area contributed by atoms with Crippen LogP contribution in [0.5, 0.6) is 0 Å². The van der Waals surface area contributed by atoms with Crippen LogP contribution in [0.15, 0.2) is 42.5 Å². The second-order valence-corrected chi connectivity index (χ2v) is 4.36. The normalized spacial score (nSPS) is 11.8. The molecule has 0 aromatic heterocycles. The van der Waals surface area contributed by atoms with E-state index in [2.05, 4.69) is 56.3 Å². The van der Waals surface area contributed by atoms with E-state index in [1.165, 1.54) is 29.2 Å². The van der Waals surface area contributed by atoms with Gasteiger partial charge in [0.1, 0.15) is 0 Å². The second-order valence-electron chi connectivity index (χ2n) is 4.36. The van der Waals surface area contributed by atoms with Gasteiger partial charge in [-0.05, 0) is 28.7 Å². The third-order valence-electron chi connectivity index (χ3n) is 3.15. The highest BCUT2D eigenvalue weighted by molar-refractivity contribution is 5.85. The Morgan fingerprint density at radius 2 is 1.59 bits per heavy atom. The van der Waals surface area contributed by atoms with Crippen molar-refractivity contribution in [3.8, 4) is 0 Å². The van der Waals surface area contributed by atoms with Crippen LogP contribution in [0, 0.1) is 5.92 Å². The topological polar surface area (TPSA) is 0 Å². The predicted molar refractivity (Wildman–Crippen MR) is 78.5 cm³/mol. The van der Waals surface area contributed by atoms with Crippen LogP contribution in [-0.4, -0.2) is 0 Å². The lowest BCUT2D eigenvalue weighted by molar-refractivity contribution is 0.562. The van der Waals surface area contributed by atoms with E-state index in [4.69, 9.17) is 0 Å². The zero-order valence-corrected chi connectivity index (χ0v) is 11.5. The lowest BCUT2D eigenvalue weighted by atomic mass is 9.95. The summed E-state index contributed by atoms with van der Waals surface area (Å²) in [4.78, 5) is 0. The summed E-state index contributed by atoms with van der Waals surface area (Å²) in [5, 5.41) is 2.78. The molecule has 2 aromatic carbocycles. The summed E-state index contributed by atoms with van der Waals surface area (Å²) in [5.41, 5.74) is 1.49. The van der Waals surface area contributed by atoms with E-state index in [-0.39, 0.29) is 0 Å². The quantitative estimate of drug-likeness (QED) is 0.655. The fourth-order valence-electron chi connectivity index (χ4n) is 1.99. The van der Waals surface area contributed by atoms with Crippen molar-refractivity contribution in [3.05, 3.63) is 48.0 Å². The first-order valence-electron chi connectivity index (χ1n) is 6.78. The van der Waals surface area contributed by atoms with Gasteiger partial charge in [-0.3, -0.25) is 0 Å². The lowest BCUT2D eigenvalue weighted by Gasteiger charge is -2.10. The summed E-state index contributed by atoms with van der Waals surface area (Å²) in [6.07, 6.45) is 2.45. The third-order valence-corrected chi connectivity index (χ3v) is 3.15. The highest BCUT2D eigenvalue weighted by atomic mass is 14.1. The number of fused-ring (bicyclic) bond motifs is 1. The van der Waals surface area contributed by atoms with Crippen LogP contribution in [0.1, 0.15) is 39.7 Å². The summed E-state index contributed by atoms with van der Waals surface area (Å²) in [7, 11) is 0. The molecule has 0 heterocycles. The monoisotopic (exact) mass is 228 g/mol. The molecule has 0 fully saturated rings. The molecule has 0 saturated heterocycles. The van der Waals surface area contributed by atoms with Crippen molar-refractivity contribution in [2.24, 2.45) is 5.92 Å². The molecule has 2 rings (SSSR count). The zero-order chi connectivity index (χ0) is 12.7. The Bertz CT molecular complexity index is 437. The van der Waals surface area contributed by atoms with Crippen LogP contribution in [0.2, 0.25) is 0 Å². The van der Waals surface area contributed by atoms with Crippen molar-refractivity contribution in [1.29, 1.82) is 0 Å². The van der Waals surface area contributed by atoms with Crippen LogP contribution in [-0.2, 0) is 6.42 Å². The summed E-state index contributed by atoms with van der Waals surface area (Å²) in [6.45, 7) is 8.58. The lowest BCUT2D eigenvalue weighted by Crippen LogP contribution is -1.98. The Hall–Kier alpha value is -1.30. The standard InChI is InChI=1S/C15H18.C2H6/c1-3-12(2)11-14-9-6-8-13-7-4-5-10-15(13)14;1-2/h4-10,12H,3,11H2,1-2H3;1-2H3. The molecule has 0 N–H and O–H groups in total. The van der Waals surface area contributed by atoms with Gasteiger partial charge in [0.15, 0.2) is 0 Å². The minimum atomic E-state index is 0.774. The number of hydrogen-bond acceptors (Lipinski definition) is 0. The first kappa shape index (κ1) is 13.8. The van der Waals surface area contributed by atoms with Gasteiger partial charge >= 0.3 is 0 Å². The van der Waals surface area contributed by atoms with Gasteiger partial charge in [-0.25, -0.2) is 0 Å². The predicted octanol–water partition coefficient (Wildman–Crippen LogP) is 5.45. The molecule has 0 aliphatic carbocycles. The molecule has 0 aliphatic rings. The number of benzene rings is 2. The van der Waals surface area contributed by atoms with E-state index >= 15 is 0 Å². The highest BCUT2D eigenvalue weighted by Gasteiger charge is 2.04. The van der Waals surface area contributed by atoms with Gasteiger partial charge in [-0.2, -0.15) is 0 Å². The summed E-state index contributed by atoms with van der Waals surface area (Å²) < 4.78 is 0. The van der Waals surface area contributed by atoms with Crippen LogP contribution >= 0.6 is 0 Å². The Morgan fingerprint density at radius 3 is 2.29 bits per heavy atom. The van der Waals surface area contributed by atoms with E-state index in [0.29, 0.717) is 0 Å². The van der Waals surface area contributed by atoms with Crippen LogP contribution < -0.4 is 0 Å². The Kier molecular flexibility index (Phi) is 5.76. The van der Waals surface area contributed by atoms with E-state index < -0.39 is 0 Å². The zero-order valence-electron chi connectivity index (χ0n) is 11.5.